The Labute approximate surface area is 199 Å². The normalized spacial score (nSPS) is 19.8. The lowest BCUT2D eigenvalue weighted by Gasteiger charge is -2.28. The van der Waals surface area contributed by atoms with Gasteiger partial charge in [0.15, 0.2) is 5.82 Å². The lowest BCUT2D eigenvalue weighted by atomic mass is 9.97. The van der Waals surface area contributed by atoms with Crippen LogP contribution in [0.25, 0.3) is 17.0 Å². The second-order valence-corrected chi connectivity index (χ2v) is 9.65. The number of nitrogens with zero attached hydrogens (tertiary/aromatic N) is 5. The second kappa shape index (κ2) is 8.24. The highest BCUT2D eigenvalue weighted by molar-refractivity contribution is 6.03. The van der Waals surface area contributed by atoms with Gasteiger partial charge in [-0.25, -0.2) is 0 Å². The summed E-state index contributed by atoms with van der Waals surface area (Å²) in [7, 11) is 2.13. The van der Waals surface area contributed by atoms with E-state index < -0.39 is 0 Å². The Kier molecular flexibility index (Phi) is 5.05. The molecule has 1 amide bonds. The molecule has 2 aliphatic carbocycles. The number of aryl methyl sites for hydroxylation is 1. The molecule has 0 spiro atoms. The molecule has 0 radical (unpaired) electrons. The number of aromatic nitrogens is 4. The maximum Gasteiger partial charge on any atom is 0.274 e. The molecule has 34 heavy (non-hydrogen) atoms. The lowest BCUT2D eigenvalue weighted by Crippen LogP contribution is -2.29. The summed E-state index contributed by atoms with van der Waals surface area (Å²) in [5.74, 6) is 1.37. The summed E-state index contributed by atoms with van der Waals surface area (Å²) in [6.07, 6.45) is 15.2. The van der Waals surface area contributed by atoms with Crippen molar-refractivity contribution in [3.8, 4) is 11.4 Å². The van der Waals surface area contributed by atoms with Gasteiger partial charge in [0, 0.05) is 42.8 Å². The zero-order chi connectivity index (χ0) is 23.2. The number of benzene rings is 1. The van der Waals surface area contributed by atoms with Gasteiger partial charge in [0.2, 0.25) is 0 Å². The molecule has 1 aliphatic heterocycles. The van der Waals surface area contributed by atoms with E-state index >= 15 is 0 Å². The molecule has 0 bridgehead atoms. The van der Waals surface area contributed by atoms with Crippen molar-refractivity contribution >= 4 is 17.2 Å². The molecule has 2 saturated carbocycles. The second-order valence-electron chi connectivity index (χ2n) is 9.65. The number of hydrogen-bond acceptors (Lipinski definition) is 5. The summed E-state index contributed by atoms with van der Waals surface area (Å²) in [4.78, 5) is 19.8. The minimum absolute atomic E-state index is 0.230. The fourth-order valence-electron chi connectivity index (χ4n) is 4.73. The Morgan fingerprint density at radius 1 is 1.15 bits per heavy atom. The summed E-state index contributed by atoms with van der Waals surface area (Å²) < 4.78 is 2.12. The highest BCUT2D eigenvalue weighted by Crippen LogP contribution is 2.39. The number of allylic oxidation sites excluding steroid dienone is 2. The number of pyridine rings is 1. The van der Waals surface area contributed by atoms with Crippen molar-refractivity contribution in [2.45, 2.75) is 44.7 Å². The van der Waals surface area contributed by atoms with Crippen LogP contribution in [-0.2, 0) is 0 Å². The van der Waals surface area contributed by atoms with Crippen LogP contribution in [0.3, 0.4) is 0 Å². The van der Waals surface area contributed by atoms with Crippen LogP contribution in [0.5, 0.6) is 0 Å². The molecule has 3 heterocycles. The van der Waals surface area contributed by atoms with Gasteiger partial charge in [0.25, 0.3) is 5.91 Å². The van der Waals surface area contributed by atoms with Gasteiger partial charge in [-0.15, -0.1) is 10.2 Å². The minimum atomic E-state index is -0.230. The first-order chi connectivity index (χ1) is 16.6. The van der Waals surface area contributed by atoms with Crippen molar-refractivity contribution in [3.63, 3.8) is 0 Å². The van der Waals surface area contributed by atoms with E-state index in [-0.39, 0.29) is 5.91 Å². The number of carbonyl (C=O) groups excluding carboxylic acids is 1. The summed E-state index contributed by atoms with van der Waals surface area (Å²) in [5, 5.41) is 11.4. The van der Waals surface area contributed by atoms with Crippen molar-refractivity contribution in [1.82, 2.24) is 24.6 Å². The molecule has 3 aliphatic rings. The molecule has 172 valence electrons. The maximum atomic E-state index is 13.1. The van der Waals surface area contributed by atoms with E-state index in [0.717, 1.165) is 46.8 Å². The smallest absolute Gasteiger partial charge is 0.274 e. The fraction of sp³-hybridized carbons (Fsp3) is 0.333. The molecular weight excluding hydrogens is 424 g/mol. The third kappa shape index (κ3) is 4.02. The van der Waals surface area contributed by atoms with Crippen molar-refractivity contribution in [2.75, 3.05) is 12.4 Å². The topological polar surface area (TPSA) is 75.9 Å². The van der Waals surface area contributed by atoms with E-state index in [0.29, 0.717) is 23.5 Å². The third-order valence-corrected chi connectivity index (χ3v) is 6.93. The molecule has 1 atom stereocenters. The minimum Gasteiger partial charge on any atom is -0.373 e. The summed E-state index contributed by atoms with van der Waals surface area (Å²) >= 11 is 0. The van der Waals surface area contributed by atoms with E-state index in [1.807, 2.05) is 37.3 Å². The molecule has 1 aromatic carbocycles. The lowest BCUT2D eigenvalue weighted by molar-refractivity contribution is 0.102. The largest absolute Gasteiger partial charge is 0.373 e. The molecule has 7 nitrogen and oxygen atoms in total. The first-order valence-corrected chi connectivity index (χ1v) is 12.0. The van der Waals surface area contributed by atoms with Crippen LogP contribution in [0.2, 0.25) is 0 Å². The molecule has 2 aromatic heterocycles. The number of carbonyl (C=O) groups is 1. The van der Waals surface area contributed by atoms with Gasteiger partial charge in [-0.3, -0.25) is 9.78 Å². The standard InChI is InChI=1S/C27H28N6O/c1-17-14-28-24(13-23(17)20-8-11-25(18-6-7-18)32(2)15-20)27(34)30-21-5-3-4-19(12-21)26-31-29-16-33(26)22-9-10-22/h3-5,8,11-16,18,22,25H,6-7,9-10H2,1-2H3,(H,30,34). The Morgan fingerprint density at radius 2 is 2.00 bits per heavy atom. The van der Waals surface area contributed by atoms with Crippen LogP contribution < -0.4 is 5.32 Å². The quantitative estimate of drug-likeness (QED) is 0.578. The molecule has 7 heteroatoms. The van der Waals surface area contributed by atoms with Gasteiger partial charge in [0.05, 0.1) is 0 Å². The van der Waals surface area contributed by atoms with E-state index in [9.17, 15) is 4.79 Å². The molecular formula is C27H28N6O. The predicted octanol–water partition coefficient (Wildman–Crippen LogP) is 4.86. The number of nitrogens with one attached hydrogen (secondary N) is 1. The zero-order valence-electron chi connectivity index (χ0n) is 19.5. The van der Waals surface area contributed by atoms with Crippen LogP contribution in [0.15, 0.2) is 61.2 Å². The Bertz CT molecular complexity index is 1310. The van der Waals surface area contributed by atoms with Crippen LogP contribution in [0, 0.1) is 12.8 Å². The van der Waals surface area contributed by atoms with E-state index in [1.165, 1.54) is 12.8 Å². The van der Waals surface area contributed by atoms with Crippen molar-refractivity contribution in [2.24, 2.45) is 5.92 Å². The highest BCUT2D eigenvalue weighted by atomic mass is 16.1. The van der Waals surface area contributed by atoms with Crippen molar-refractivity contribution in [3.05, 3.63) is 78.0 Å². The van der Waals surface area contributed by atoms with Gasteiger partial charge >= 0.3 is 0 Å². The molecule has 2 fully saturated rings. The number of rotatable bonds is 6. The van der Waals surface area contributed by atoms with E-state index in [2.05, 4.69) is 55.4 Å². The molecule has 6 rings (SSSR count). The average molecular weight is 453 g/mol. The zero-order valence-corrected chi connectivity index (χ0v) is 19.5. The molecule has 1 N–H and O–H groups in total. The molecule has 0 saturated heterocycles. The number of anilines is 1. The van der Waals surface area contributed by atoms with Gasteiger partial charge in [-0.05, 0) is 73.4 Å². The first kappa shape index (κ1) is 20.8. The number of hydrogen-bond donors (Lipinski definition) is 1. The highest BCUT2D eigenvalue weighted by Gasteiger charge is 2.33. The van der Waals surface area contributed by atoms with E-state index in [1.54, 1.807) is 12.5 Å². The van der Waals surface area contributed by atoms with Gasteiger partial charge in [0.1, 0.15) is 12.0 Å². The Balaban J connectivity index is 1.22. The van der Waals surface area contributed by atoms with Crippen LogP contribution in [0.1, 0.15) is 53.3 Å². The Morgan fingerprint density at radius 3 is 2.76 bits per heavy atom. The van der Waals surface area contributed by atoms with Gasteiger partial charge < -0.3 is 14.8 Å². The van der Waals surface area contributed by atoms with Gasteiger partial charge in [-0.1, -0.05) is 24.3 Å². The number of likely N-dealkylation sites (N-methyl/N-ethyl adjacent to an activating group) is 1. The maximum absolute atomic E-state index is 13.1. The summed E-state index contributed by atoms with van der Waals surface area (Å²) in [5.41, 5.74) is 5.23. The monoisotopic (exact) mass is 452 g/mol. The Hall–Kier alpha value is -3.74. The van der Waals surface area contributed by atoms with E-state index in [4.69, 9.17) is 0 Å². The summed E-state index contributed by atoms with van der Waals surface area (Å²) in [6, 6.07) is 10.6. The SMILES string of the molecule is Cc1cnc(C(=O)Nc2cccc(-c3nncn3C3CC3)c2)cc1C1=CN(C)C(C2CC2)C=C1. The van der Waals surface area contributed by atoms with Gasteiger partial charge in [-0.2, -0.15) is 0 Å². The predicted molar refractivity (Wildman–Crippen MR) is 132 cm³/mol. The van der Waals surface area contributed by atoms with Crippen LogP contribution in [-0.4, -0.2) is 43.6 Å². The summed E-state index contributed by atoms with van der Waals surface area (Å²) in [6.45, 7) is 2.03. The van der Waals surface area contributed by atoms with Crippen molar-refractivity contribution < 1.29 is 4.79 Å². The molecule has 3 aromatic rings. The number of amides is 1. The van der Waals surface area contributed by atoms with Crippen LogP contribution >= 0.6 is 0 Å². The first-order valence-electron chi connectivity index (χ1n) is 12.0. The average Bonchev–Trinajstić information content (AvgIpc) is 3.78. The van der Waals surface area contributed by atoms with Crippen molar-refractivity contribution in [1.29, 1.82) is 0 Å². The third-order valence-electron chi connectivity index (χ3n) is 6.93. The molecule has 1 unspecified atom stereocenters. The van der Waals surface area contributed by atoms with Crippen LogP contribution in [0.4, 0.5) is 5.69 Å². The fourth-order valence-corrected chi connectivity index (χ4v) is 4.73.